The topological polar surface area (TPSA) is 129 Å². The molecule has 230 valence electrons. The van der Waals surface area contributed by atoms with Gasteiger partial charge in [-0.05, 0) is 43.5 Å². The highest BCUT2D eigenvalue weighted by Crippen LogP contribution is 2.36. The zero-order valence-corrected chi connectivity index (χ0v) is 24.0. The maximum atomic E-state index is 10.6. The number of nitrogens with zero attached hydrogens (tertiary/aromatic N) is 7. The number of aromatic nitrogens is 4. The van der Waals surface area contributed by atoms with Gasteiger partial charge in [-0.15, -0.1) is 0 Å². The molecule has 6 heterocycles. The Morgan fingerprint density at radius 1 is 1.11 bits per heavy atom. The van der Waals surface area contributed by atoms with Crippen LogP contribution < -0.4 is 14.4 Å². The van der Waals surface area contributed by atoms with Gasteiger partial charge in [0.1, 0.15) is 17.6 Å². The fourth-order valence-electron chi connectivity index (χ4n) is 5.72. The molecular weight excluding hydrogens is 579 g/mol. The quantitative estimate of drug-likeness (QED) is 0.319. The second-order valence-corrected chi connectivity index (χ2v) is 10.4. The van der Waals surface area contributed by atoms with Crippen molar-refractivity contribution in [3.8, 4) is 28.8 Å². The summed E-state index contributed by atoms with van der Waals surface area (Å²) in [6.45, 7) is 5.40. The first kappa shape index (κ1) is 30.6. The molecule has 44 heavy (non-hydrogen) atoms. The van der Waals surface area contributed by atoms with Gasteiger partial charge in [0.2, 0.25) is 5.88 Å². The molecule has 11 nitrogen and oxygen atoms in total. The summed E-state index contributed by atoms with van der Waals surface area (Å²) in [7, 11) is 1.64. The molecule has 0 spiro atoms. The van der Waals surface area contributed by atoms with Crippen molar-refractivity contribution in [2.45, 2.75) is 44.6 Å². The Labute approximate surface area is 251 Å². The number of aliphatic carboxylic acids is 1. The molecule has 2 saturated heterocycles. The van der Waals surface area contributed by atoms with E-state index < -0.39 is 12.1 Å². The number of anilines is 1. The highest BCUT2D eigenvalue weighted by molar-refractivity contribution is 5.85. The smallest absolute Gasteiger partial charge is 0.490 e. The lowest BCUT2D eigenvalue weighted by molar-refractivity contribution is -0.192. The van der Waals surface area contributed by atoms with Gasteiger partial charge < -0.3 is 19.5 Å². The number of ether oxygens (including phenoxy) is 2. The first-order valence-corrected chi connectivity index (χ1v) is 13.9. The summed E-state index contributed by atoms with van der Waals surface area (Å²) in [5, 5.41) is 21.1. The number of alkyl halides is 3. The summed E-state index contributed by atoms with van der Waals surface area (Å²) in [4.78, 5) is 23.2. The number of carboxylic acids is 1. The number of nitriles is 1. The van der Waals surface area contributed by atoms with Crippen LogP contribution in [0, 0.1) is 11.3 Å². The van der Waals surface area contributed by atoms with Crippen molar-refractivity contribution in [1.82, 2.24) is 24.5 Å². The maximum absolute atomic E-state index is 10.6. The fraction of sp³-hybridized carbons (Fsp3) is 0.367. The Balaban J connectivity index is 0.000000493. The van der Waals surface area contributed by atoms with E-state index in [4.69, 9.17) is 24.4 Å². The summed E-state index contributed by atoms with van der Waals surface area (Å²) in [5.41, 5.74) is 4.32. The van der Waals surface area contributed by atoms with Crippen LogP contribution in [-0.2, 0) is 11.3 Å². The van der Waals surface area contributed by atoms with Crippen LogP contribution in [-0.4, -0.2) is 80.6 Å². The van der Waals surface area contributed by atoms with Crippen LogP contribution in [0.25, 0.3) is 16.6 Å². The minimum absolute atomic E-state index is 0.441. The molecule has 2 aliphatic rings. The average Bonchev–Trinajstić information content (AvgIpc) is 3.54. The summed E-state index contributed by atoms with van der Waals surface area (Å²) >= 11 is 0. The van der Waals surface area contributed by atoms with E-state index >= 15 is 0 Å². The first-order chi connectivity index (χ1) is 21.1. The third-order valence-corrected chi connectivity index (χ3v) is 7.55. The number of carboxylic acid groups (broad SMARTS) is 1. The van der Waals surface area contributed by atoms with Crippen molar-refractivity contribution in [3.63, 3.8) is 0 Å². The van der Waals surface area contributed by atoms with Crippen LogP contribution in [0.1, 0.15) is 30.9 Å². The van der Waals surface area contributed by atoms with Gasteiger partial charge in [0.05, 0.1) is 37.2 Å². The number of piperazine rings is 1. The third-order valence-electron chi connectivity index (χ3n) is 7.55. The lowest BCUT2D eigenvalue weighted by Gasteiger charge is -2.41. The van der Waals surface area contributed by atoms with E-state index in [1.165, 1.54) is 18.4 Å². The standard InChI is InChI=1S/C28H29N7O2.C2HF3O2/c1-3-37-24-10-25(28-21(11-29)14-32-34(28)18-24)20-5-8-26(30-13-20)35-22-6-7-23(35)17-33(16-22)15-19-4-9-27(36-2)31-12-19;3-2(4,5)1(6)7/h4-5,8-10,12-14,18,22-23H,3,6-7,15-17H2,1-2H3;(H,6,7). The number of pyridine rings is 3. The molecular formula is C30H30F3N7O4. The van der Waals surface area contributed by atoms with E-state index in [2.05, 4.69) is 44.2 Å². The lowest BCUT2D eigenvalue weighted by Crippen LogP contribution is -2.53. The van der Waals surface area contributed by atoms with E-state index in [9.17, 15) is 18.4 Å². The number of hydrogen-bond donors (Lipinski definition) is 1. The summed E-state index contributed by atoms with van der Waals surface area (Å²) in [5.74, 6) is -0.394. The predicted octanol–water partition coefficient (Wildman–Crippen LogP) is 4.56. The monoisotopic (exact) mass is 609 g/mol. The minimum atomic E-state index is -5.08. The molecule has 0 aliphatic carbocycles. The van der Waals surface area contributed by atoms with E-state index in [0.717, 1.165) is 42.1 Å². The molecule has 2 fully saturated rings. The molecule has 0 aromatic carbocycles. The van der Waals surface area contributed by atoms with Crippen molar-refractivity contribution in [2.75, 3.05) is 31.7 Å². The predicted molar refractivity (Wildman–Crippen MR) is 153 cm³/mol. The molecule has 14 heteroatoms. The Kier molecular flexibility index (Phi) is 8.86. The maximum Gasteiger partial charge on any atom is 0.490 e. The molecule has 0 radical (unpaired) electrons. The summed E-state index contributed by atoms with van der Waals surface area (Å²) in [6.07, 6.45) is 4.47. The van der Waals surface area contributed by atoms with Crippen molar-refractivity contribution < 1.29 is 32.5 Å². The van der Waals surface area contributed by atoms with E-state index in [0.29, 0.717) is 35.9 Å². The van der Waals surface area contributed by atoms with E-state index in [1.807, 2.05) is 37.6 Å². The zero-order valence-electron chi connectivity index (χ0n) is 24.0. The number of halogens is 3. The number of hydrogen-bond acceptors (Lipinski definition) is 9. The third kappa shape index (κ3) is 6.52. The van der Waals surface area contributed by atoms with Crippen molar-refractivity contribution >= 4 is 17.3 Å². The Morgan fingerprint density at radius 2 is 1.84 bits per heavy atom. The van der Waals surface area contributed by atoms with E-state index in [1.54, 1.807) is 17.8 Å². The van der Waals surface area contributed by atoms with Crippen molar-refractivity contribution in [1.29, 1.82) is 5.26 Å². The molecule has 4 aromatic rings. The van der Waals surface area contributed by atoms with Gasteiger partial charge in [0.15, 0.2) is 0 Å². The van der Waals surface area contributed by atoms with Gasteiger partial charge in [-0.3, -0.25) is 4.90 Å². The van der Waals surface area contributed by atoms with Crippen LogP contribution in [0.5, 0.6) is 11.6 Å². The lowest BCUT2D eigenvalue weighted by atomic mass is 10.0. The van der Waals surface area contributed by atoms with Crippen LogP contribution in [0.3, 0.4) is 0 Å². The first-order valence-electron chi connectivity index (χ1n) is 13.9. The minimum Gasteiger partial charge on any atom is -0.492 e. The van der Waals surface area contributed by atoms with Gasteiger partial charge in [0.25, 0.3) is 0 Å². The SMILES string of the molecule is CCOc1cc(-c2ccc(N3C4CCC3CN(Cc3ccc(OC)nc3)C4)nc2)c2c(C#N)cnn2c1.O=C(O)C(F)(F)F. The summed E-state index contributed by atoms with van der Waals surface area (Å²) < 4.78 is 44.4. The Hall–Kier alpha value is -4.90. The Bertz CT molecular complexity index is 1640. The van der Waals surface area contributed by atoms with Crippen LogP contribution in [0.4, 0.5) is 19.0 Å². The van der Waals surface area contributed by atoms with Crippen LogP contribution in [0.2, 0.25) is 0 Å². The number of carbonyl (C=O) groups is 1. The van der Waals surface area contributed by atoms with Crippen molar-refractivity contribution in [3.05, 3.63) is 66.2 Å². The highest BCUT2D eigenvalue weighted by Gasteiger charge is 2.40. The number of methoxy groups -OCH3 is 1. The normalized spacial score (nSPS) is 18.0. The number of fused-ring (bicyclic) bond motifs is 3. The van der Waals surface area contributed by atoms with Gasteiger partial charge in [-0.25, -0.2) is 19.3 Å². The Morgan fingerprint density at radius 3 is 2.39 bits per heavy atom. The zero-order chi connectivity index (χ0) is 31.4. The second-order valence-electron chi connectivity index (χ2n) is 10.4. The molecule has 2 bridgehead atoms. The average molecular weight is 610 g/mol. The van der Waals surface area contributed by atoms with Crippen LogP contribution >= 0.6 is 0 Å². The molecule has 6 rings (SSSR count). The van der Waals surface area contributed by atoms with E-state index in [-0.39, 0.29) is 0 Å². The van der Waals surface area contributed by atoms with Gasteiger partial charge in [-0.1, -0.05) is 6.07 Å². The molecule has 0 amide bonds. The fourth-order valence-corrected chi connectivity index (χ4v) is 5.72. The molecule has 4 aromatic heterocycles. The van der Waals surface area contributed by atoms with Gasteiger partial charge in [0, 0.05) is 61.3 Å². The second kappa shape index (κ2) is 12.8. The summed E-state index contributed by atoms with van der Waals surface area (Å²) in [6, 6.07) is 13.3. The van der Waals surface area contributed by atoms with Crippen molar-refractivity contribution in [2.24, 2.45) is 0 Å². The largest absolute Gasteiger partial charge is 0.492 e. The molecule has 2 aliphatic heterocycles. The van der Waals surface area contributed by atoms with Crippen LogP contribution in [0.15, 0.2) is 55.1 Å². The highest BCUT2D eigenvalue weighted by atomic mass is 19.4. The van der Waals surface area contributed by atoms with Gasteiger partial charge in [-0.2, -0.15) is 23.5 Å². The molecule has 2 unspecified atom stereocenters. The number of rotatable bonds is 7. The van der Waals surface area contributed by atoms with Gasteiger partial charge >= 0.3 is 12.1 Å². The molecule has 2 atom stereocenters. The number of likely N-dealkylation sites (tertiary alicyclic amines) is 1. The molecule has 0 saturated carbocycles. The molecule has 1 N–H and O–H groups in total.